The molecule has 0 saturated heterocycles. The van der Waals surface area contributed by atoms with Crippen molar-refractivity contribution in [2.45, 2.75) is 6.42 Å². The fraction of sp³-hybridized carbons (Fsp3) is 0.200. The third-order valence-electron chi connectivity index (χ3n) is 2.61. The van der Waals surface area contributed by atoms with Gasteiger partial charge in [0.1, 0.15) is 0 Å². The van der Waals surface area contributed by atoms with E-state index in [1.165, 1.54) is 5.69 Å². The molecule has 2 nitrogen and oxygen atoms in total. The summed E-state index contributed by atoms with van der Waals surface area (Å²) in [5, 5.41) is 6.79. The molecule has 0 aliphatic heterocycles. The van der Waals surface area contributed by atoms with Crippen LogP contribution < -0.4 is 10.6 Å². The van der Waals surface area contributed by atoms with E-state index in [-0.39, 0.29) is 0 Å². The van der Waals surface area contributed by atoms with Crippen molar-refractivity contribution in [2.75, 3.05) is 23.7 Å². The predicted molar refractivity (Wildman–Crippen MR) is 82.2 cm³/mol. The minimum Gasteiger partial charge on any atom is -0.385 e. The van der Waals surface area contributed by atoms with Crippen molar-refractivity contribution in [1.29, 1.82) is 0 Å². The van der Waals surface area contributed by atoms with Crippen molar-refractivity contribution in [2.24, 2.45) is 0 Å². The Kier molecular flexibility index (Phi) is 5.09. The zero-order valence-corrected chi connectivity index (χ0v) is 11.8. The second-order valence-electron chi connectivity index (χ2n) is 4.08. The number of halogens is 1. The lowest BCUT2D eigenvalue weighted by Crippen LogP contribution is -2.08. The second kappa shape index (κ2) is 7.07. The van der Waals surface area contributed by atoms with Gasteiger partial charge in [0.25, 0.3) is 0 Å². The van der Waals surface area contributed by atoms with Crippen LogP contribution >= 0.6 is 15.9 Å². The Morgan fingerprint density at radius 1 is 0.778 bits per heavy atom. The van der Waals surface area contributed by atoms with Gasteiger partial charge in [-0.25, -0.2) is 0 Å². The Labute approximate surface area is 117 Å². The number of nitrogens with one attached hydrogen (secondary N) is 2. The van der Waals surface area contributed by atoms with Gasteiger partial charge in [-0.1, -0.05) is 40.2 Å². The van der Waals surface area contributed by atoms with Crippen LogP contribution in [0.5, 0.6) is 0 Å². The summed E-state index contributed by atoms with van der Waals surface area (Å²) in [6.07, 6.45) is 1.08. The first-order valence-electron chi connectivity index (χ1n) is 6.13. The predicted octanol–water partition coefficient (Wildman–Crippen LogP) is 4.36. The molecule has 3 heteroatoms. The molecule has 0 spiro atoms. The molecule has 0 amide bonds. The van der Waals surface area contributed by atoms with E-state index in [9.17, 15) is 0 Å². The number of hydrogen-bond acceptors (Lipinski definition) is 2. The quantitative estimate of drug-likeness (QED) is 0.775. The maximum absolute atomic E-state index is 3.46. The van der Waals surface area contributed by atoms with E-state index < -0.39 is 0 Å². The van der Waals surface area contributed by atoms with Crippen LogP contribution in [0.25, 0.3) is 0 Å². The average Bonchev–Trinajstić information content (AvgIpc) is 2.40. The maximum Gasteiger partial charge on any atom is 0.0351 e. The molecule has 0 radical (unpaired) electrons. The molecule has 0 unspecified atom stereocenters. The summed E-state index contributed by atoms with van der Waals surface area (Å²) in [6.45, 7) is 1.95. The number of benzene rings is 2. The van der Waals surface area contributed by atoms with E-state index >= 15 is 0 Å². The van der Waals surface area contributed by atoms with E-state index in [0.717, 1.165) is 29.7 Å². The molecule has 0 heterocycles. The lowest BCUT2D eigenvalue weighted by Gasteiger charge is -2.08. The Morgan fingerprint density at radius 3 is 2.17 bits per heavy atom. The van der Waals surface area contributed by atoms with Gasteiger partial charge in [-0.05, 0) is 36.8 Å². The van der Waals surface area contributed by atoms with Crippen LogP contribution in [-0.4, -0.2) is 13.1 Å². The van der Waals surface area contributed by atoms with E-state index in [1.54, 1.807) is 0 Å². The van der Waals surface area contributed by atoms with Crippen LogP contribution in [0.4, 0.5) is 11.4 Å². The highest BCUT2D eigenvalue weighted by atomic mass is 79.9. The number of para-hydroxylation sites is 1. The lowest BCUT2D eigenvalue weighted by molar-refractivity contribution is 0.909. The first kappa shape index (κ1) is 13.0. The van der Waals surface area contributed by atoms with Crippen LogP contribution in [0.3, 0.4) is 0 Å². The van der Waals surface area contributed by atoms with Crippen molar-refractivity contribution in [3.8, 4) is 0 Å². The maximum atomic E-state index is 3.46. The third kappa shape index (κ3) is 4.41. The van der Waals surface area contributed by atoms with Crippen LogP contribution in [0, 0.1) is 0 Å². The molecule has 0 fully saturated rings. The largest absolute Gasteiger partial charge is 0.385 e. The van der Waals surface area contributed by atoms with Crippen LogP contribution in [0.2, 0.25) is 0 Å². The smallest absolute Gasteiger partial charge is 0.0351 e. The Morgan fingerprint density at radius 2 is 1.44 bits per heavy atom. The summed E-state index contributed by atoms with van der Waals surface area (Å²) in [5.41, 5.74) is 2.34. The van der Waals surface area contributed by atoms with Gasteiger partial charge < -0.3 is 10.6 Å². The summed E-state index contributed by atoms with van der Waals surface area (Å²) in [7, 11) is 0. The van der Waals surface area contributed by atoms with E-state index in [1.807, 2.05) is 30.3 Å². The van der Waals surface area contributed by atoms with Gasteiger partial charge in [-0.2, -0.15) is 0 Å². The number of rotatable bonds is 6. The highest BCUT2D eigenvalue weighted by Gasteiger charge is 1.93. The van der Waals surface area contributed by atoms with Gasteiger partial charge in [0.05, 0.1) is 0 Å². The van der Waals surface area contributed by atoms with Crippen LogP contribution in [0.1, 0.15) is 6.42 Å². The van der Waals surface area contributed by atoms with Crippen molar-refractivity contribution >= 4 is 27.3 Å². The SMILES string of the molecule is Brc1cccc(NCCCNc2ccccc2)c1. The van der Waals surface area contributed by atoms with Crippen LogP contribution in [0.15, 0.2) is 59.1 Å². The molecule has 0 saturated carbocycles. The molecular formula is C15H17BrN2. The summed E-state index contributed by atoms with van der Waals surface area (Å²) in [4.78, 5) is 0. The highest BCUT2D eigenvalue weighted by Crippen LogP contribution is 2.15. The molecule has 0 aliphatic carbocycles. The summed E-state index contributed by atoms with van der Waals surface area (Å²) in [5.74, 6) is 0. The number of hydrogen-bond donors (Lipinski definition) is 2. The fourth-order valence-electron chi connectivity index (χ4n) is 1.71. The molecule has 2 rings (SSSR count). The lowest BCUT2D eigenvalue weighted by atomic mass is 10.3. The molecule has 0 atom stereocenters. The molecule has 2 aromatic carbocycles. The van der Waals surface area contributed by atoms with Gasteiger partial charge in [0.15, 0.2) is 0 Å². The Hall–Kier alpha value is -1.48. The summed E-state index contributed by atoms with van der Waals surface area (Å²) >= 11 is 3.46. The standard InChI is InChI=1S/C15H17BrN2/c16-13-6-4-9-15(12-13)18-11-5-10-17-14-7-2-1-3-8-14/h1-4,6-9,12,17-18H,5,10-11H2. The van der Waals surface area contributed by atoms with Crippen LogP contribution in [-0.2, 0) is 0 Å². The van der Waals surface area contributed by atoms with Gasteiger partial charge in [0.2, 0.25) is 0 Å². The zero-order valence-electron chi connectivity index (χ0n) is 10.2. The topological polar surface area (TPSA) is 24.1 Å². The van der Waals surface area contributed by atoms with E-state index in [0.29, 0.717) is 0 Å². The molecule has 0 bridgehead atoms. The van der Waals surface area contributed by atoms with Gasteiger partial charge in [-0.15, -0.1) is 0 Å². The minimum absolute atomic E-state index is 0.969. The van der Waals surface area contributed by atoms with Crippen molar-refractivity contribution in [3.63, 3.8) is 0 Å². The van der Waals surface area contributed by atoms with Crippen molar-refractivity contribution < 1.29 is 0 Å². The molecule has 18 heavy (non-hydrogen) atoms. The fourth-order valence-corrected chi connectivity index (χ4v) is 2.11. The Bertz CT molecular complexity index is 471. The van der Waals surface area contributed by atoms with E-state index in [2.05, 4.69) is 50.8 Å². The molecule has 0 aromatic heterocycles. The van der Waals surface area contributed by atoms with Gasteiger partial charge in [0, 0.05) is 28.9 Å². The first-order chi connectivity index (χ1) is 8.84. The molecule has 94 valence electrons. The normalized spacial score (nSPS) is 10.1. The molecular weight excluding hydrogens is 288 g/mol. The monoisotopic (exact) mass is 304 g/mol. The molecule has 0 aliphatic rings. The highest BCUT2D eigenvalue weighted by molar-refractivity contribution is 9.10. The molecule has 2 aromatic rings. The first-order valence-corrected chi connectivity index (χ1v) is 6.92. The second-order valence-corrected chi connectivity index (χ2v) is 5.00. The minimum atomic E-state index is 0.969. The van der Waals surface area contributed by atoms with Crippen molar-refractivity contribution in [3.05, 3.63) is 59.1 Å². The zero-order chi connectivity index (χ0) is 12.6. The van der Waals surface area contributed by atoms with Crippen molar-refractivity contribution in [1.82, 2.24) is 0 Å². The molecule has 2 N–H and O–H groups in total. The third-order valence-corrected chi connectivity index (χ3v) is 3.10. The van der Waals surface area contributed by atoms with Gasteiger partial charge in [-0.3, -0.25) is 0 Å². The summed E-state index contributed by atoms with van der Waals surface area (Å²) < 4.78 is 1.11. The number of anilines is 2. The average molecular weight is 305 g/mol. The van der Waals surface area contributed by atoms with E-state index in [4.69, 9.17) is 0 Å². The van der Waals surface area contributed by atoms with Gasteiger partial charge >= 0.3 is 0 Å². The Balaban J connectivity index is 1.65. The summed E-state index contributed by atoms with van der Waals surface area (Å²) in [6, 6.07) is 18.5.